The predicted molar refractivity (Wildman–Crippen MR) is 49.7 cm³/mol. The van der Waals surface area contributed by atoms with Gasteiger partial charge in [0.15, 0.2) is 0 Å². The van der Waals surface area contributed by atoms with Gasteiger partial charge in [-0.25, -0.2) is 0 Å². The Bertz CT molecular complexity index is 277. The van der Waals surface area contributed by atoms with Crippen LogP contribution in [0, 0.1) is 5.41 Å². The van der Waals surface area contributed by atoms with Gasteiger partial charge in [-0.3, -0.25) is 0 Å². The van der Waals surface area contributed by atoms with Crippen LogP contribution in [0.2, 0.25) is 0 Å². The van der Waals surface area contributed by atoms with Crippen molar-refractivity contribution in [3.63, 3.8) is 0 Å². The molecule has 0 unspecified atom stereocenters. The van der Waals surface area contributed by atoms with Gasteiger partial charge in [-0.1, -0.05) is 0 Å². The predicted octanol–water partition coefficient (Wildman–Crippen LogP) is 1.42. The van der Waals surface area contributed by atoms with Crippen molar-refractivity contribution in [3.05, 3.63) is 35.9 Å². The van der Waals surface area contributed by atoms with Crippen LogP contribution in [0.1, 0.15) is 12.5 Å². The first-order valence-electron chi connectivity index (χ1n) is 3.45. The molecule has 0 aromatic heterocycles. The first kappa shape index (κ1) is 7.93. The summed E-state index contributed by atoms with van der Waals surface area (Å²) in [4.78, 5) is 0. The zero-order chi connectivity index (χ0) is 8.27. The fourth-order valence-corrected chi connectivity index (χ4v) is 0.832. The van der Waals surface area contributed by atoms with E-state index in [0.717, 1.165) is 5.56 Å². The van der Waals surface area contributed by atoms with Crippen LogP contribution in [-0.4, -0.2) is 18.7 Å². The number of hydrogen-bond acceptors (Lipinski definition) is 1. The van der Waals surface area contributed by atoms with Crippen LogP contribution in [0.15, 0.2) is 30.3 Å². The summed E-state index contributed by atoms with van der Waals surface area (Å²) in [5.41, 5.74) is 1.83. The van der Waals surface area contributed by atoms with Gasteiger partial charge < -0.3 is 0 Å². The molecule has 1 rings (SSSR count). The Labute approximate surface area is 67.7 Å². The van der Waals surface area contributed by atoms with E-state index in [1.807, 2.05) is 30.3 Å². The van der Waals surface area contributed by atoms with Crippen LogP contribution in [0.4, 0.5) is 0 Å². The van der Waals surface area contributed by atoms with Crippen LogP contribution in [0.25, 0.3) is 0 Å². The van der Waals surface area contributed by atoms with Crippen molar-refractivity contribution in [2.45, 2.75) is 6.92 Å². The summed E-state index contributed by atoms with van der Waals surface area (Å²) in [5, 5.41) is 7.52. The summed E-state index contributed by atoms with van der Waals surface area (Å²) in [5.74, 6) is 0. The van der Waals surface area contributed by atoms with E-state index in [2.05, 4.69) is 0 Å². The second kappa shape index (κ2) is 3.29. The Hall–Kier alpha value is -1.18. The summed E-state index contributed by atoms with van der Waals surface area (Å²) in [6.45, 7) is 1.73. The molecule has 1 N–H and O–H groups in total. The molecule has 0 spiro atoms. The Morgan fingerprint density at radius 3 is 2.27 bits per heavy atom. The molecule has 0 aliphatic heterocycles. The molecule has 0 saturated carbocycles. The van der Waals surface area contributed by atoms with Crippen LogP contribution < -0.4 is 0 Å². The molecule has 0 aliphatic rings. The van der Waals surface area contributed by atoms with E-state index in [4.69, 9.17) is 12.9 Å². The number of hydrogen-bond donors (Lipinski definition) is 1. The van der Waals surface area contributed by atoms with Crippen molar-refractivity contribution in [3.8, 4) is 0 Å². The van der Waals surface area contributed by atoms with E-state index in [0.29, 0.717) is 11.2 Å². The van der Waals surface area contributed by atoms with Gasteiger partial charge in [0.25, 0.3) is 0 Å². The molecule has 0 heterocycles. The fraction of sp³-hybridized carbons (Fsp3) is 0.111. The molecule has 1 radical (unpaired) electrons. The summed E-state index contributed by atoms with van der Waals surface area (Å²) >= 11 is 0. The second-order valence-electron chi connectivity index (χ2n) is 2.42. The third kappa shape index (κ3) is 1.87. The number of rotatable bonds is 2. The molecule has 0 saturated heterocycles. The van der Waals surface area contributed by atoms with Crippen molar-refractivity contribution in [2.75, 3.05) is 0 Å². The van der Waals surface area contributed by atoms with Gasteiger partial charge in [-0.15, -0.1) is 0 Å². The monoisotopic (exact) mass is 142 g/mol. The molecule has 11 heavy (non-hydrogen) atoms. The topological polar surface area (TPSA) is 23.9 Å². The van der Waals surface area contributed by atoms with Gasteiger partial charge in [-0.2, -0.15) is 0 Å². The second-order valence-corrected chi connectivity index (χ2v) is 2.42. The van der Waals surface area contributed by atoms with Crippen molar-refractivity contribution >= 4 is 18.7 Å². The Morgan fingerprint density at radius 2 is 1.82 bits per heavy atom. The van der Waals surface area contributed by atoms with Crippen molar-refractivity contribution in [2.24, 2.45) is 0 Å². The number of benzene rings is 1. The third-order valence-corrected chi connectivity index (χ3v) is 1.46. The normalized spacial score (nSPS) is 9.09. The van der Waals surface area contributed by atoms with Crippen molar-refractivity contribution in [1.82, 2.24) is 0 Å². The molecule has 1 nitrogen and oxygen atoms in total. The van der Waals surface area contributed by atoms with Gasteiger partial charge in [-0.05, 0) is 0 Å². The maximum absolute atomic E-state index is 7.52. The fourth-order valence-electron chi connectivity index (χ4n) is 0.832. The third-order valence-electron chi connectivity index (χ3n) is 1.46. The van der Waals surface area contributed by atoms with Gasteiger partial charge >= 0.3 is 66.9 Å². The zero-order valence-corrected chi connectivity index (χ0v) is 6.46. The Balaban J connectivity index is 2.95. The minimum absolute atomic E-state index is 0.408. The van der Waals surface area contributed by atoms with Crippen molar-refractivity contribution < 1.29 is 0 Å². The molecule has 0 aliphatic carbocycles. The molecule has 53 valence electrons. The van der Waals surface area contributed by atoms with Gasteiger partial charge in [0.1, 0.15) is 0 Å². The summed E-state index contributed by atoms with van der Waals surface area (Å²) in [7, 11) is 5.46. The van der Waals surface area contributed by atoms with E-state index >= 15 is 0 Å². The molecule has 1 aromatic rings. The first-order valence-corrected chi connectivity index (χ1v) is 3.45. The summed E-state index contributed by atoms with van der Waals surface area (Å²) in [6, 6.07) is 9.46. The Morgan fingerprint density at radius 1 is 1.27 bits per heavy atom. The van der Waals surface area contributed by atoms with Gasteiger partial charge in [0, 0.05) is 0 Å². The van der Waals surface area contributed by atoms with E-state index in [1.165, 1.54) is 0 Å². The van der Waals surface area contributed by atoms with Crippen LogP contribution in [0.5, 0.6) is 0 Å². The molecular formula is C9H9BN. The van der Waals surface area contributed by atoms with E-state index < -0.39 is 0 Å². The molecule has 0 atom stereocenters. The molecule has 0 fully saturated rings. The molecule has 1 aromatic carbocycles. The SMILES string of the molecule is [B]=C(C)C(=N)c1ccccc1. The summed E-state index contributed by atoms with van der Waals surface area (Å²) < 4.78 is 0. The number of nitrogens with one attached hydrogen (secondary N) is 1. The zero-order valence-electron chi connectivity index (χ0n) is 6.46. The molecule has 0 bridgehead atoms. The average molecular weight is 142 g/mol. The van der Waals surface area contributed by atoms with Crippen molar-refractivity contribution in [1.29, 1.82) is 5.41 Å². The molecule has 2 heteroatoms. The van der Waals surface area contributed by atoms with E-state index in [1.54, 1.807) is 6.92 Å². The Kier molecular flexibility index (Phi) is 2.37. The van der Waals surface area contributed by atoms with Crippen LogP contribution >= 0.6 is 0 Å². The quantitative estimate of drug-likeness (QED) is 0.476. The van der Waals surface area contributed by atoms with Gasteiger partial charge in [0.05, 0.1) is 0 Å². The van der Waals surface area contributed by atoms with Crippen LogP contribution in [-0.2, 0) is 0 Å². The van der Waals surface area contributed by atoms with Crippen LogP contribution in [0.3, 0.4) is 0 Å². The van der Waals surface area contributed by atoms with E-state index in [-0.39, 0.29) is 0 Å². The average Bonchev–Trinajstić information content (AvgIpc) is 2.05. The first-order chi connectivity index (χ1) is 5.22. The minimum atomic E-state index is 0.408. The van der Waals surface area contributed by atoms with E-state index in [9.17, 15) is 0 Å². The summed E-state index contributed by atoms with van der Waals surface area (Å²) in [6.07, 6.45) is 0. The standard InChI is InChI=1S/C9H9BN/c1-7(10)9(11)8-5-3-2-4-6-8/h2-6,11H,1H3. The van der Waals surface area contributed by atoms with Gasteiger partial charge in [0.2, 0.25) is 0 Å². The maximum atomic E-state index is 7.52. The molecular weight excluding hydrogens is 133 g/mol. The molecule has 0 amide bonds.